The molecular formula is C14H23NS. The van der Waals surface area contributed by atoms with E-state index in [0.29, 0.717) is 6.04 Å². The van der Waals surface area contributed by atoms with Crippen LogP contribution in [-0.2, 0) is 0 Å². The van der Waals surface area contributed by atoms with E-state index in [-0.39, 0.29) is 0 Å². The Morgan fingerprint density at radius 2 is 2.12 bits per heavy atom. The Balaban J connectivity index is 1.96. The van der Waals surface area contributed by atoms with E-state index in [1.165, 1.54) is 36.1 Å². The lowest BCUT2D eigenvalue weighted by Crippen LogP contribution is -2.38. The van der Waals surface area contributed by atoms with Gasteiger partial charge in [-0.1, -0.05) is 19.8 Å². The molecule has 2 heteroatoms. The highest BCUT2D eigenvalue weighted by atomic mass is 32.1. The minimum Gasteiger partial charge on any atom is -0.306 e. The summed E-state index contributed by atoms with van der Waals surface area (Å²) in [5, 5.41) is 6.02. The minimum atomic E-state index is 0.519. The summed E-state index contributed by atoms with van der Waals surface area (Å²) in [6, 6.07) is 3.47. The molecule has 0 amide bonds. The Hall–Kier alpha value is -0.340. The SMILES string of the molecule is Cc1ccsc1C(C)NC1CCCCC1C. The van der Waals surface area contributed by atoms with Crippen LogP contribution in [0, 0.1) is 12.8 Å². The highest BCUT2D eigenvalue weighted by Crippen LogP contribution is 2.29. The lowest BCUT2D eigenvalue weighted by atomic mass is 9.85. The average Bonchev–Trinajstić information content (AvgIpc) is 2.68. The second-order valence-electron chi connectivity index (χ2n) is 5.22. The zero-order valence-electron chi connectivity index (χ0n) is 10.6. The summed E-state index contributed by atoms with van der Waals surface area (Å²) in [7, 11) is 0. The molecule has 1 N–H and O–H groups in total. The number of rotatable bonds is 3. The second-order valence-corrected chi connectivity index (χ2v) is 6.17. The van der Waals surface area contributed by atoms with Crippen LogP contribution in [0.1, 0.15) is 56.0 Å². The van der Waals surface area contributed by atoms with Crippen molar-refractivity contribution in [3.8, 4) is 0 Å². The summed E-state index contributed by atoms with van der Waals surface area (Å²) in [5.74, 6) is 0.844. The van der Waals surface area contributed by atoms with Gasteiger partial charge in [-0.3, -0.25) is 0 Å². The van der Waals surface area contributed by atoms with Gasteiger partial charge in [-0.05, 0) is 49.6 Å². The van der Waals surface area contributed by atoms with Crippen molar-refractivity contribution in [3.63, 3.8) is 0 Å². The molecule has 1 fully saturated rings. The Labute approximate surface area is 103 Å². The van der Waals surface area contributed by atoms with Crippen LogP contribution in [0.25, 0.3) is 0 Å². The highest BCUT2D eigenvalue weighted by Gasteiger charge is 2.23. The van der Waals surface area contributed by atoms with Crippen molar-refractivity contribution in [2.24, 2.45) is 5.92 Å². The van der Waals surface area contributed by atoms with Crippen LogP contribution >= 0.6 is 11.3 Å². The molecule has 0 bridgehead atoms. The van der Waals surface area contributed by atoms with Gasteiger partial charge < -0.3 is 5.32 Å². The normalized spacial score (nSPS) is 27.9. The molecule has 1 heterocycles. The zero-order chi connectivity index (χ0) is 11.5. The van der Waals surface area contributed by atoms with Gasteiger partial charge >= 0.3 is 0 Å². The second kappa shape index (κ2) is 5.33. The van der Waals surface area contributed by atoms with E-state index in [9.17, 15) is 0 Å². The quantitative estimate of drug-likeness (QED) is 0.827. The lowest BCUT2D eigenvalue weighted by Gasteiger charge is -2.32. The standard InChI is InChI=1S/C14H23NS/c1-10-6-4-5-7-13(10)15-12(3)14-11(2)8-9-16-14/h8-10,12-13,15H,4-7H2,1-3H3. The van der Waals surface area contributed by atoms with Crippen molar-refractivity contribution in [2.45, 2.75) is 58.5 Å². The third-order valence-electron chi connectivity index (χ3n) is 3.87. The number of thiophene rings is 1. The molecule has 1 nitrogen and oxygen atoms in total. The molecule has 0 radical (unpaired) electrons. The molecule has 1 saturated carbocycles. The van der Waals surface area contributed by atoms with E-state index >= 15 is 0 Å². The maximum atomic E-state index is 3.82. The van der Waals surface area contributed by atoms with Crippen molar-refractivity contribution in [1.29, 1.82) is 0 Å². The molecule has 1 aliphatic rings. The molecule has 0 aliphatic heterocycles. The van der Waals surface area contributed by atoms with E-state index in [4.69, 9.17) is 0 Å². The summed E-state index contributed by atoms with van der Waals surface area (Å²) in [5.41, 5.74) is 1.44. The van der Waals surface area contributed by atoms with Crippen molar-refractivity contribution in [2.75, 3.05) is 0 Å². The van der Waals surface area contributed by atoms with Crippen molar-refractivity contribution in [3.05, 3.63) is 21.9 Å². The number of hydrogen-bond acceptors (Lipinski definition) is 2. The van der Waals surface area contributed by atoms with E-state index in [1.807, 2.05) is 11.3 Å². The summed E-state index contributed by atoms with van der Waals surface area (Å²) in [4.78, 5) is 1.51. The molecule has 0 aromatic carbocycles. The first-order valence-corrected chi connectivity index (χ1v) is 7.36. The smallest absolute Gasteiger partial charge is 0.0391 e. The predicted molar refractivity (Wildman–Crippen MR) is 72.0 cm³/mol. The molecule has 1 aliphatic carbocycles. The van der Waals surface area contributed by atoms with Crippen molar-refractivity contribution in [1.82, 2.24) is 5.32 Å². The largest absolute Gasteiger partial charge is 0.306 e. The highest BCUT2D eigenvalue weighted by molar-refractivity contribution is 7.10. The first kappa shape index (κ1) is 12.1. The Kier molecular flexibility index (Phi) is 4.04. The van der Waals surface area contributed by atoms with Gasteiger partial charge in [-0.2, -0.15) is 0 Å². The molecule has 16 heavy (non-hydrogen) atoms. The Bertz CT molecular complexity index is 331. The minimum absolute atomic E-state index is 0.519. The van der Waals surface area contributed by atoms with E-state index in [2.05, 4.69) is 37.5 Å². The number of nitrogens with one attached hydrogen (secondary N) is 1. The molecule has 90 valence electrons. The summed E-state index contributed by atoms with van der Waals surface area (Å²) >= 11 is 1.88. The molecule has 3 atom stereocenters. The molecule has 1 aromatic heterocycles. The third kappa shape index (κ3) is 2.67. The maximum absolute atomic E-state index is 3.82. The summed E-state index contributed by atoms with van der Waals surface area (Å²) in [6.07, 6.45) is 5.58. The van der Waals surface area contributed by atoms with Crippen LogP contribution in [0.5, 0.6) is 0 Å². The number of hydrogen-bond donors (Lipinski definition) is 1. The first-order chi connectivity index (χ1) is 7.68. The van der Waals surface area contributed by atoms with E-state index in [0.717, 1.165) is 12.0 Å². The first-order valence-electron chi connectivity index (χ1n) is 6.48. The topological polar surface area (TPSA) is 12.0 Å². The molecule has 0 spiro atoms. The third-order valence-corrected chi connectivity index (χ3v) is 5.07. The van der Waals surface area contributed by atoms with E-state index < -0.39 is 0 Å². The van der Waals surface area contributed by atoms with Crippen LogP contribution in [0.15, 0.2) is 11.4 Å². The van der Waals surface area contributed by atoms with Crippen molar-refractivity contribution < 1.29 is 0 Å². The van der Waals surface area contributed by atoms with Crippen LogP contribution in [0.4, 0.5) is 0 Å². The van der Waals surface area contributed by atoms with Crippen molar-refractivity contribution >= 4 is 11.3 Å². The fraction of sp³-hybridized carbons (Fsp3) is 0.714. The van der Waals surface area contributed by atoms with Gasteiger partial charge in [-0.15, -0.1) is 11.3 Å². The molecule has 2 rings (SSSR count). The van der Waals surface area contributed by atoms with Gasteiger partial charge in [0.1, 0.15) is 0 Å². The molecule has 3 unspecified atom stereocenters. The van der Waals surface area contributed by atoms with Gasteiger partial charge in [0.05, 0.1) is 0 Å². The van der Waals surface area contributed by atoms with Gasteiger partial charge in [0, 0.05) is 17.0 Å². The van der Waals surface area contributed by atoms with E-state index in [1.54, 1.807) is 0 Å². The van der Waals surface area contributed by atoms with Crippen LogP contribution in [-0.4, -0.2) is 6.04 Å². The number of aryl methyl sites for hydroxylation is 1. The van der Waals surface area contributed by atoms with Crippen LogP contribution in [0.2, 0.25) is 0 Å². The predicted octanol–water partition coefficient (Wildman–Crippen LogP) is 4.29. The Morgan fingerprint density at radius 3 is 2.75 bits per heavy atom. The monoisotopic (exact) mass is 237 g/mol. The molecule has 0 saturated heterocycles. The summed E-state index contributed by atoms with van der Waals surface area (Å²) < 4.78 is 0. The molecule has 1 aromatic rings. The van der Waals surface area contributed by atoms with Gasteiger partial charge in [0.15, 0.2) is 0 Å². The van der Waals surface area contributed by atoms with Gasteiger partial charge in [0.2, 0.25) is 0 Å². The fourth-order valence-electron chi connectivity index (χ4n) is 2.79. The zero-order valence-corrected chi connectivity index (χ0v) is 11.4. The molecular weight excluding hydrogens is 214 g/mol. The van der Waals surface area contributed by atoms with Crippen LogP contribution in [0.3, 0.4) is 0 Å². The van der Waals surface area contributed by atoms with Gasteiger partial charge in [0.25, 0.3) is 0 Å². The maximum Gasteiger partial charge on any atom is 0.0391 e. The van der Waals surface area contributed by atoms with Gasteiger partial charge in [-0.25, -0.2) is 0 Å². The lowest BCUT2D eigenvalue weighted by molar-refractivity contribution is 0.264. The summed E-state index contributed by atoms with van der Waals surface area (Å²) in [6.45, 7) is 6.92. The fourth-order valence-corrected chi connectivity index (χ4v) is 3.73. The Morgan fingerprint density at radius 1 is 1.38 bits per heavy atom. The average molecular weight is 237 g/mol. The van der Waals surface area contributed by atoms with Crippen LogP contribution < -0.4 is 5.32 Å².